The molecule has 12 heteroatoms. The number of nitrogens with one attached hydrogen (secondary N) is 1. The fraction of sp³-hybridized carbons (Fsp3) is 0.263. The van der Waals surface area contributed by atoms with Crippen molar-refractivity contribution in [2.45, 2.75) is 18.6 Å². The Morgan fingerprint density at radius 1 is 1.32 bits per heavy atom. The van der Waals surface area contributed by atoms with Crippen LogP contribution in [-0.2, 0) is 18.2 Å². The van der Waals surface area contributed by atoms with Crippen LogP contribution in [0.4, 0.5) is 23.7 Å². The van der Waals surface area contributed by atoms with Crippen LogP contribution in [0.2, 0.25) is 0 Å². The Morgan fingerprint density at radius 2 is 2.10 bits per heavy atom. The number of hydrogen-bond donors (Lipinski definition) is 2. The summed E-state index contributed by atoms with van der Waals surface area (Å²) < 4.78 is 44.8. The van der Waals surface area contributed by atoms with Gasteiger partial charge in [0, 0.05) is 31.4 Å². The average molecular weight is 436 g/mol. The molecular formula is C19H19F3N6O3. The van der Waals surface area contributed by atoms with Crippen LogP contribution in [0.3, 0.4) is 0 Å². The van der Waals surface area contributed by atoms with Crippen LogP contribution in [0.25, 0.3) is 5.69 Å². The molecule has 0 saturated carbocycles. The number of nitrogens with zero attached hydrogens (tertiary/aromatic N) is 4. The third kappa shape index (κ3) is 5.92. The van der Waals surface area contributed by atoms with Gasteiger partial charge >= 0.3 is 12.3 Å². The van der Waals surface area contributed by atoms with Gasteiger partial charge < -0.3 is 10.5 Å². The Balaban J connectivity index is 1.68. The predicted octanol–water partition coefficient (Wildman–Crippen LogP) is 1.99. The quantitative estimate of drug-likeness (QED) is 0.611. The lowest BCUT2D eigenvalue weighted by Gasteiger charge is -2.15. The molecule has 0 aliphatic heterocycles. The number of benzene rings is 1. The SMILES string of the molecule is Cn1cc(-n2ccc(=O)c(Cc3cccc(NC(=O)OCC(N)C(F)(F)F)c3)n2)cn1. The molecule has 0 aliphatic rings. The first-order valence-electron chi connectivity index (χ1n) is 9.05. The second-order valence-electron chi connectivity index (χ2n) is 6.69. The second-order valence-corrected chi connectivity index (χ2v) is 6.69. The first-order chi connectivity index (χ1) is 14.6. The zero-order valence-electron chi connectivity index (χ0n) is 16.3. The summed E-state index contributed by atoms with van der Waals surface area (Å²) in [7, 11) is 1.76. The summed E-state index contributed by atoms with van der Waals surface area (Å²) in [6, 6.07) is 5.55. The van der Waals surface area contributed by atoms with Crippen LogP contribution in [0.5, 0.6) is 0 Å². The third-order valence-electron chi connectivity index (χ3n) is 4.20. The number of amides is 1. The van der Waals surface area contributed by atoms with Crippen molar-refractivity contribution >= 4 is 11.8 Å². The maximum Gasteiger partial charge on any atom is 0.411 e. The molecule has 0 bridgehead atoms. The van der Waals surface area contributed by atoms with Crippen molar-refractivity contribution in [1.82, 2.24) is 19.6 Å². The highest BCUT2D eigenvalue weighted by molar-refractivity contribution is 5.84. The molecule has 0 fully saturated rings. The number of ether oxygens (including phenoxy) is 1. The Labute approximate surface area is 174 Å². The molecule has 1 amide bonds. The van der Waals surface area contributed by atoms with Gasteiger partial charge in [-0.05, 0) is 17.7 Å². The molecule has 3 N–H and O–H groups in total. The summed E-state index contributed by atoms with van der Waals surface area (Å²) in [5.41, 5.74) is 6.51. The van der Waals surface area contributed by atoms with Gasteiger partial charge in [0.05, 0.1) is 12.4 Å². The summed E-state index contributed by atoms with van der Waals surface area (Å²) in [5, 5.41) is 10.7. The van der Waals surface area contributed by atoms with Crippen molar-refractivity contribution in [2.75, 3.05) is 11.9 Å². The minimum atomic E-state index is -4.66. The van der Waals surface area contributed by atoms with Crippen molar-refractivity contribution in [3.05, 3.63) is 70.4 Å². The summed E-state index contributed by atoms with van der Waals surface area (Å²) in [6.07, 6.45) is -0.699. The molecule has 1 atom stereocenters. The monoisotopic (exact) mass is 436 g/mol. The van der Waals surface area contributed by atoms with Crippen LogP contribution in [0, 0.1) is 0 Å². The van der Waals surface area contributed by atoms with Gasteiger partial charge in [0.1, 0.15) is 24.0 Å². The first kappa shape index (κ1) is 22.0. The van der Waals surface area contributed by atoms with Crippen molar-refractivity contribution in [2.24, 2.45) is 12.8 Å². The number of carbonyl (C=O) groups is 1. The number of rotatable bonds is 6. The van der Waals surface area contributed by atoms with E-state index in [2.05, 4.69) is 20.3 Å². The van der Waals surface area contributed by atoms with Gasteiger partial charge in [-0.3, -0.25) is 14.8 Å². The van der Waals surface area contributed by atoms with E-state index in [0.29, 0.717) is 11.3 Å². The number of carbonyl (C=O) groups excluding carboxylic acids is 1. The zero-order chi connectivity index (χ0) is 22.6. The van der Waals surface area contributed by atoms with E-state index < -0.39 is 24.9 Å². The Bertz CT molecular complexity index is 1130. The van der Waals surface area contributed by atoms with Gasteiger partial charge in [0.2, 0.25) is 5.43 Å². The summed E-state index contributed by atoms with van der Waals surface area (Å²) in [4.78, 5) is 24.0. The summed E-state index contributed by atoms with van der Waals surface area (Å²) >= 11 is 0. The van der Waals surface area contributed by atoms with E-state index >= 15 is 0 Å². The van der Waals surface area contributed by atoms with E-state index in [9.17, 15) is 22.8 Å². The van der Waals surface area contributed by atoms with Crippen molar-refractivity contribution < 1.29 is 22.7 Å². The largest absolute Gasteiger partial charge is 0.447 e. The Morgan fingerprint density at radius 3 is 2.77 bits per heavy atom. The molecule has 1 aromatic carbocycles. The van der Waals surface area contributed by atoms with Crippen molar-refractivity contribution in [3.63, 3.8) is 0 Å². The van der Waals surface area contributed by atoms with E-state index in [-0.39, 0.29) is 23.2 Å². The fourth-order valence-electron chi connectivity index (χ4n) is 2.61. The number of aryl methyl sites for hydroxylation is 1. The maximum atomic E-state index is 12.4. The number of anilines is 1. The van der Waals surface area contributed by atoms with Gasteiger partial charge in [0.25, 0.3) is 0 Å². The van der Waals surface area contributed by atoms with Crippen LogP contribution < -0.4 is 16.5 Å². The molecule has 1 unspecified atom stereocenters. The van der Waals surface area contributed by atoms with Gasteiger partial charge in [0.15, 0.2) is 0 Å². The first-order valence-corrected chi connectivity index (χ1v) is 9.05. The Hall–Kier alpha value is -3.67. The van der Waals surface area contributed by atoms with Crippen LogP contribution >= 0.6 is 0 Å². The lowest BCUT2D eigenvalue weighted by atomic mass is 10.1. The van der Waals surface area contributed by atoms with E-state index in [1.807, 2.05) is 0 Å². The Kier molecular flexibility index (Phi) is 6.39. The molecule has 9 nitrogen and oxygen atoms in total. The lowest BCUT2D eigenvalue weighted by molar-refractivity contribution is -0.154. The molecule has 3 rings (SSSR count). The van der Waals surface area contributed by atoms with E-state index in [1.165, 1.54) is 23.0 Å². The number of nitrogens with two attached hydrogens (primary N) is 1. The number of aromatic nitrogens is 4. The fourth-order valence-corrected chi connectivity index (χ4v) is 2.61. The van der Waals surface area contributed by atoms with Crippen LogP contribution in [0.1, 0.15) is 11.3 Å². The molecule has 0 saturated heterocycles. The number of alkyl halides is 3. The number of halogens is 3. The van der Waals surface area contributed by atoms with Crippen LogP contribution in [-0.4, -0.2) is 44.5 Å². The molecule has 3 aromatic rings. The minimum Gasteiger partial charge on any atom is -0.447 e. The van der Waals surface area contributed by atoms with Crippen LogP contribution in [0.15, 0.2) is 53.7 Å². The molecule has 31 heavy (non-hydrogen) atoms. The molecule has 164 valence electrons. The minimum absolute atomic E-state index is 0.170. The predicted molar refractivity (Wildman–Crippen MR) is 105 cm³/mol. The lowest BCUT2D eigenvalue weighted by Crippen LogP contribution is -2.42. The number of hydrogen-bond acceptors (Lipinski definition) is 6. The third-order valence-corrected chi connectivity index (χ3v) is 4.20. The average Bonchev–Trinajstić information content (AvgIpc) is 3.13. The van der Waals surface area contributed by atoms with Gasteiger partial charge in [-0.25, -0.2) is 9.48 Å². The van der Waals surface area contributed by atoms with E-state index in [1.54, 1.807) is 42.3 Å². The molecule has 2 heterocycles. The summed E-state index contributed by atoms with van der Waals surface area (Å²) in [5.74, 6) is 0. The van der Waals surface area contributed by atoms with Gasteiger partial charge in [-0.2, -0.15) is 23.4 Å². The van der Waals surface area contributed by atoms with E-state index in [4.69, 9.17) is 5.73 Å². The molecular weight excluding hydrogens is 417 g/mol. The maximum absolute atomic E-state index is 12.4. The van der Waals surface area contributed by atoms with Gasteiger partial charge in [-0.1, -0.05) is 12.1 Å². The molecule has 0 radical (unpaired) electrons. The van der Waals surface area contributed by atoms with Crippen molar-refractivity contribution in [3.8, 4) is 5.69 Å². The highest BCUT2D eigenvalue weighted by Crippen LogP contribution is 2.19. The topological polar surface area (TPSA) is 117 Å². The molecule has 2 aromatic heterocycles. The molecule has 0 aliphatic carbocycles. The van der Waals surface area contributed by atoms with Crippen molar-refractivity contribution in [1.29, 1.82) is 0 Å². The standard InChI is InChI=1S/C19H19F3N6O3/c1-27-10-14(9-24-27)28-6-5-16(29)15(26-28)8-12-3-2-4-13(7-12)25-18(30)31-11-17(23)19(20,21)22/h2-7,9-10,17H,8,11,23H2,1H3,(H,25,30). The second kappa shape index (κ2) is 9.00. The summed E-state index contributed by atoms with van der Waals surface area (Å²) in [6.45, 7) is -1.00. The highest BCUT2D eigenvalue weighted by Gasteiger charge is 2.37. The van der Waals surface area contributed by atoms with Gasteiger partial charge in [-0.15, -0.1) is 0 Å². The normalized spacial score (nSPS) is 12.4. The molecule has 0 spiro atoms. The van der Waals surface area contributed by atoms with E-state index in [0.717, 1.165) is 0 Å². The highest BCUT2D eigenvalue weighted by atomic mass is 19.4. The zero-order valence-corrected chi connectivity index (χ0v) is 16.3. The smallest absolute Gasteiger partial charge is 0.411 e.